The Kier molecular flexibility index (Phi) is 6.67. The first-order valence-corrected chi connectivity index (χ1v) is 6.45. The van der Waals surface area contributed by atoms with Gasteiger partial charge in [0.1, 0.15) is 13.2 Å². The second-order valence-electron chi connectivity index (χ2n) is 4.45. The minimum Gasteiger partial charge on any atom is -0.480 e. The molecule has 0 aromatic heterocycles. The first-order valence-electron chi connectivity index (χ1n) is 6.45. The van der Waals surface area contributed by atoms with Crippen molar-refractivity contribution in [2.45, 2.75) is 32.2 Å². The Hall–Kier alpha value is -1.14. The number of ether oxygens (including phenoxy) is 1. The fourth-order valence-electron chi connectivity index (χ4n) is 2.18. The largest absolute Gasteiger partial charge is 0.480 e. The predicted molar refractivity (Wildman–Crippen MR) is 66.4 cm³/mol. The molecule has 6 nitrogen and oxygen atoms in total. The zero-order chi connectivity index (χ0) is 13.4. The second-order valence-corrected chi connectivity index (χ2v) is 4.45. The van der Waals surface area contributed by atoms with E-state index in [2.05, 4.69) is 5.32 Å². The van der Waals surface area contributed by atoms with E-state index in [4.69, 9.17) is 9.84 Å². The van der Waals surface area contributed by atoms with Gasteiger partial charge in [-0.05, 0) is 32.4 Å². The Bertz CT molecular complexity index is 277. The number of carboxylic acids is 1. The smallest absolute Gasteiger partial charge is 0.329 e. The molecule has 2 N–H and O–H groups in total. The molecule has 1 saturated heterocycles. The van der Waals surface area contributed by atoms with Crippen molar-refractivity contribution in [3.63, 3.8) is 0 Å². The molecule has 0 aromatic carbocycles. The molecule has 104 valence electrons. The van der Waals surface area contributed by atoms with Gasteiger partial charge in [0.2, 0.25) is 5.91 Å². The lowest BCUT2D eigenvalue weighted by Crippen LogP contribution is -2.47. The summed E-state index contributed by atoms with van der Waals surface area (Å²) in [5.74, 6) is -1.16. The van der Waals surface area contributed by atoms with E-state index in [9.17, 15) is 9.59 Å². The lowest BCUT2D eigenvalue weighted by Gasteiger charge is -2.34. The van der Waals surface area contributed by atoms with Crippen LogP contribution in [0.25, 0.3) is 0 Å². The van der Waals surface area contributed by atoms with E-state index >= 15 is 0 Å². The minimum atomic E-state index is -1.05. The quantitative estimate of drug-likeness (QED) is 0.676. The van der Waals surface area contributed by atoms with Crippen molar-refractivity contribution < 1.29 is 19.4 Å². The van der Waals surface area contributed by atoms with Gasteiger partial charge in [-0.15, -0.1) is 0 Å². The van der Waals surface area contributed by atoms with Gasteiger partial charge in [-0.2, -0.15) is 0 Å². The molecule has 0 aliphatic carbocycles. The van der Waals surface area contributed by atoms with E-state index in [0.717, 1.165) is 32.4 Å². The maximum absolute atomic E-state index is 12.0. The summed E-state index contributed by atoms with van der Waals surface area (Å²) >= 11 is 0. The van der Waals surface area contributed by atoms with E-state index in [1.165, 1.54) is 0 Å². The summed E-state index contributed by atoms with van der Waals surface area (Å²) < 4.78 is 4.87. The highest BCUT2D eigenvalue weighted by Gasteiger charge is 2.24. The SMILES string of the molecule is CCCN(C(=O)COCC(=O)O)C1CCNCC1. The molecule has 1 amide bonds. The number of aliphatic carboxylic acids is 1. The Balaban J connectivity index is 2.43. The minimum absolute atomic E-state index is 0.106. The van der Waals surface area contributed by atoms with Gasteiger partial charge in [0.25, 0.3) is 0 Å². The van der Waals surface area contributed by atoms with Gasteiger partial charge in [0.15, 0.2) is 0 Å². The normalized spacial score (nSPS) is 16.5. The third-order valence-corrected chi connectivity index (χ3v) is 2.99. The fraction of sp³-hybridized carbons (Fsp3) is 0.833. The molecule has 0 bridgehead atoms. The lowest BCUT2D eigenvalue weighted by atomic mass is 10.0. The number of rotatable bonds is 7. The standard InChI is InChI=1S/C12H22N2O4/c1-2-7-14(10-3-5-13-6-4-10)11(15)8-18-9-12(16)17/h10,13H,2-9H2,1H3,(H,16,17). The number of carboxylic acid groups (broad SMARTS) is 1. The highest BCUT2D eigenvalue weighted by molar-refractivity contribution is 5.78. The highest BCUT2D eigenvalue weighted by atomic mass is 16.5. The molecular weight excluding hydrogens is 236 g/mol. The number of piperidine rings is 1. The lowest BCUT2D eigenvalue weighted by molar-refractivity contribution is -0.146. The molecule has 0 atom stereocenters. The van der Waals surface area contributed by atoms with Crippen LogP contribution in [0.1, 0.15) is 26.2 Å². The maximum Gasteiger partial charge on any atom is 0.329 e. The molecule has 1 fully saturated rings. The number of nitrogens with zero attached hydrogens (tertiary/aromatic N) is 1. The third kappa shape index (κ3) is 5.01. The molecular formula is C12H22N2O4. The van der Waals surface area contributed by atoms with Gasteiger partial charge in [0.05, 0.1) is 0 Å². The predicted octanol–water partition coefficient (Wildman–Crippen LogP) is 0.0782. The topological polar surface area (TPSA) is 78.9 Å². The van der Waals surface area contributed by atoms with Crippen LogP contribution in [0.4, 0.5) is 0 Å². The van der Waals surface area contributed by atoms with Gasteiger partial charge in [-0.1, -0.05) is 6.92 Å². The van der Waals surface area contributed by atoms with Crippen molar-refractivity contribution in [1.82, 2.24) is 10.2 Å². The summed E-state index contributed by atoms with van der Waals surface area (Å²) in [4.78, 5) is 24.2. The van der Waals surface area contributed by atoms with Crippen LogP contribution in [0.5, 0.6) is 0 Å². The summed E-state index contributed by atoms with van der Waals surface area (Å²) in [6.45, 7) is 4.02. The van der Waals surface area contributed by atoms with Gasteiger partial charge < -0.3 is 20.1 Å². The number of amides is 1. The summed E-state index contributed by atoms with van der Waals surface area (Å²) in [5, 5.41) is 11.7. The zero-order valence-corrected chi connectivity index (χ0v) is 10.9. The van der Waals surface area contributed by atoms with Crippen molar-refractivity contribution in [1.29, 1.82) is 0 Å². The number of hydrogen-bond acceptors (Lipinski definition) is 4. The Morgan fingerprint density at radius 1 is 1.33 bits per heavy atom. The van der Waals surface area contributed by atoms with Crippen LogP contribution in [0.15, 0.2) is 0 Å². The molecule has 0 aromatic rings. The van der Waals surface area contributed by atoms with E-state index in [1.54, 1.807) is 0 Å². The summed E-state index contributed by atoms with van der Waals surface area (Å²) in [6, 6.07) is 0.257. The van der Waals surface area contributed by atoms with Crippen LogP contribution in [0.2, 0.25) is 0 Å². The monoisotopic (exact) mass is 258 g/mol. The van der Waals surface area contributed by atoms with Crippen LogP contribution in [-0.2, 0) is 14.3 Å². The highest BCUT2D eigenvalue weighted by Crippen LogP contribution is 2.12. The average molecular weight is 258 g/mol. The first kappa shape index (κ1) is 14.9. The molecule has 1 heterocycles. The molecule has 18 heavy (non-hydrogen) atoms. The first-order chi connectivity index (χ1) is 8.65. The molecule has 1 rings (SSSR count). The van der Waals surface area contributed by atoms with Crippen molar-refractivity contribution in [2.75, 3.05) is 32.8 Å². The van der Waals surface area contributed by atoms with Gasteiger partial charge >= 0.3 is 5.97 Å². The van der Waals surface area contributed by atoms with E-state index in [-0.39, 0.29) is 18.6 Å². The summed E-state index contributed by atoms with van der Waals surface area (Å²) in [7, 11) is 0. The van der Waals surface area contributed by atoms with Gasteiger partial charge in [-0.25, -0.2) is 4.79 Å². The molecule has 1 aliphatic rings. The Labute approximate surface area is 107 Å². The summed E-state index contributed by atoms with van der Waals surface area (Å²) in [6.07, 6.45) is 2.80. The third-order valence-electron chi connectivity index (χ3n) is 2.99. The average Bonchev–Trinajstić information content (AvgIpc) is 2.36. The van der Waals surface area contributed by atoms with Gasteiger partial charge in [-0.3, -0.25) is 4.79 Å². The molecule has 0 spiro atoms. The van der Waals surface area contributed by atoms with Gasteiger partial charge in [0, 0.05) is 12.6 Å². The number of carbonyl (C=O) groups is 2. The van der Waals surface area contributed by atoms with E-state index < -0.39 is 12.6 Å². The van der Waals surface area contributed by atoms with Crippen LogP contribution < -0.4 is 5.32 Å². The maximum atomic E-state index is 12.0. The van der Waals surface area contributed by atoms with Crippen LogP contribution in [0.3, 0.4) is 0 Å². The summed E-state index contributed by atoms with van der Waals surface area (Å²) in [5.41, 5.74) is 0. The van der Waals surface area contributed by atoms with Crippen molar-refractivity contribution in [3.8, 4) is 0 Å². The molecule has 0 radical (unpaired) electrons. The Morgan fingerprint density at radius 3 is 2.56 bits per heavy atom. The fourth-order valence-corrected chi connectivity index (χ4v) is 2.18. The number of nitrogens with one attached hydrogen (secondary N) is 1. The van der Waals surface area contributed by atoms with Crippen molar-refractivity contribution in [2.24, 2.45) is 0 Å². The number of hydrogen-bond donors (Lipinski definition) is 2. The van der Waals surface area contributed by atoms with E-state index in [0.29, 0.717) is 6.54 Å². The molecule has 0 saturated carbocycles. The zero-order valence-electron chi connectivity index (χ0n) is 10.9. The molecule has 6 heteroatoms. The van der Waals surface area contributed by atoms with Crippen LogP contribution >= 0.6 is 0 Å². The molecule has 0 unspecified atom stereocenters. The Morgan fingerprint density at radius 2 is 2.00 bits per heavy atom. The van der Waals surface area contributed by atoms with Crippen LogP contribution in [-0.4, -0.2) is 60.8 Å². The molecule has 1 aliphatic heterocycles. The van der Waals surface area contributed by atoms with E-state index in [1.807, 2.05) is 11.8 Å². The number of carbonyl (C=O) groups excluding carboxylic acids is 1. The van der Waals surface area contributed by atoms with Crippen molar-refractivity contribution >= 4 is 11.9 Å². The second kappa shape index (κ2) is 8.05. The van der Waals surface area contributed by atoms with Crippen molar-refractivity contribution in [3.05, 3.63) is 0 Å². The van der Waals surface area contributed by atoms with Crippen LogP contribution in [0, 0.1) is 0 Å².